The Morgan fingerprint density at radius 3 is 2.29 bits per heavy atom. The molecule has 3 aliphatic rings. The quantitative estimate of drug-likeness (QED) is 0.770. The minimum absolute atomic E-state index is 0.0986. The van der Waals surface area contributed by atoms with Crippen LogP contribution in [0.5, 0.6) is 0 Å². The van der Waals surface area contributed by atoms with Gasteiger partial charge < -0.3 is 9.84 Å². The molecule has 3 rings (SSSR count). The van der Waals surface area contributed by atoms with E-state index in [0.717, 1.165) is 19.3 Å². The van der Waals surface area contributed by atoms with Crippen LogP contribution >= 0.6 is 0 Å². The number of aliphatic hydroxyl groups is 1. The number of hydrogen-bond acceptors (Lipinski definition) is 5. The van der Waals surface area contributed by atoms with Crippen LogP contribution in [0, 0.1) is 5.41 Å². The standard InChI is InChI=1S/C14H23NO5S/c1-20-13(17)14(5-2-6-14)9-21(18,19)15-10-3-4-11(15)8-12(16)7-10/h10-12,16H,2-9H2,1H3. The molecule has 1 N–H and O–H groups in total. The van der Waals surface area contributed by atoms with Crippen molar-refractivity contribution in [1.29, 1.82) is 0 Å². The van der Waals surface area contributed by atoms with E-state index in [4.69, 9.17) is 4.74 Å². The highest BCUT2D eigenvalue weighted by Crippen LogP contribution is 2.46. The molecule has 2 aliphatic heterocycles. The van der Waals surface area contributed by atoms with Crippen LogP contribution in [0.1, 0.15) is 44.9 Å². The molecule has 7 heteroatoms. The lowest BCUT2D eigenvalue weighted by Crippen LogP contribution is -2.53. The van der Waals surface area contributed by atoms with Crippen molar-refractivity contribution in [2.75, 3.05) is 12.9 Å². The molecule has 1 aliphatic carbocycles. The average Bonchev–Trinajstić information content (AvgIpc) is 2.67. The Labute approximate surface area is 125 Å². The van der Waals surface area contributed by atoms with Crippen LogP contribution in [-0.2, 0) is 19.6 Å². The fourth-order valence-corrected chi connectivity index (χ4v) is 6.76. The van der Waals surface area contributed by atoms with Crippen LogP contribution in [0.4, 0.5) is 0 Å². The molecule has 2 unspecified atom stereocenters. The first-order chi connectivity index (χ1) is 9.88. The number of esters is 1. The molecule has 0 aromatic rings. The van der Waals surface area contributed by atoms with Gasteiger partial charge in [-0.25, -0.2) is 8.42 Å². The molecule has 3 fully saturated rings. The van der Waals surface area contributed by atoms with Gasteiger partial charge in [-0.15, -0.1) is 0 Å². The van der Waals surface area contributed by atoms with E-state index in [1.807, 2.05) is 0 Å². The minimum Gasteiger partial charge on any atom is -0.469 e. The third-order valence-electron chi connectivity index (χ3n) is 5.35. The number of carbonyl (C=O) groups excluding carboxylic acids is 1. The second kappa shape index (κ2) is 5.21. The number of rotatable bonds is 4. The molecule has 2 bridgehead atoms. The highest BCUT2D eigenvalue weighted by atomic mass is 32.2. The first-order valence-electron chi connectivity index (χ1n) is 7.66. The van der Waals surface area contributed by atoms with E-state index >= 15 is 0 Å². The lowest BCUT2D eigenvalue weighted by Gasteiger charge is -2.42. The van der Waals surface area contributed by atoms with Crippen molar-refractivity contribution >= 4 is 16.0 Å². The fraction of sp³-hybridized carbons (Fsp3) is 0.929. The van der Waals surface area contributed by atoms with Gasteiger partial charge >= 0.3 is 5.97 Å². The van der Waals surface area contributed by atoms with Gasteiger partial charge in [0.2, 0.25) is 10.0 Å². The lowest BCUT2D eigenvalue weighted by molar-refractivity contribution is -0.156. The van der Waals surface area contributed by atoms with E-state index in [9.17, 15) is 18.3 Å². The summed E-state index contributed by atoms with van der Waals surface area (Å²) >= 11 is 0. The second-order valence-corrected chi connectivity index (χ2v) is 8.60. The molecule has 0 aromatic heterocycles. The van der Waals surface area contributed by atoms with Crippen LogP contribution in [0.3, 0.4) is 0 Å². The van der Waals surface area contributed by atoms with Gasteiger partial charge in [0.25, 0.3) is 0 Å². The second-order valence-electron chi connectivity index (χ2n) is 6.72. The summed E-state index contributed by atoms with van der Waals surface area (Å²) in [5.41, 5.74) is -0.844. The molecule has 0 spiro atoms. The van der Waals surface area contributed by atoms with E-state index < -0.39 is 27.5 Å². The Bertz CT molecular complexity index is 513. The summed E-state index contributed by atoms with van der Waals surface area (Å²) in [5.74, 6) is -0.544. The maximum Gasteiger partial charge on any atom is 0.312 e. The van der Waals surface area contributed by atoms with E-state index in [2.05, 4.69) is 0 Å². The van der Waals surface area contributed by atoms with Gasteiger partial charge in [0.05, 0.1) is 24.4 Å². The number of fused-ring (bicyclic) bond motifs is 2. The highest BCUT2D eigenvalue weighted by molar-refractivity contribution is 7.89. The van der Waals surface area contributed by atoms with Crippen molar-refractivity contribution in [2.45, 2.75) is 63.1 Å². The van der Waals surface area contributed by atoms with E-state index in [-0.39, 0.29) is 17.8 Å². The third kappa shape index (κ3) is 2.49. The molecule has 0 amide bonds. The number of hydrogen-bond donors (Lipinski definition) is 1. The first kappa shape index (κ1) is 15.2. The SMILES string of the molecule is COC(=O)C1(CS(=O)(=O)N2C3CCC2CC(O)C3)CCC1. The molecule has 1 saturated carbocycles. The van der Waals surface area contributed by atoms with Crippen LogP contribution in [0.2, 0.25) is 0 Å². The predicted octanol–water partition coefficient (Wildman–Crippen LogP) is 0.647. The molecule has 6 nitrogen and oxygen atoms in total. The number of piperidine rings is 1. The van der Waals surface area contributed by atoms with Crippen molar-refractivity contribution in [3.8, 4) is 0 Å². The molecule has 2 heterocycles. The summed E-state index contributed by atoms with van der Waals surface area (Å²) in [5, 5.41) is 9.79. The van der Waals surface area contributed by atoms with Gasteiger partial charge in [-0.1, -0.05) is 6.42 Å². The lowest BCUT2D eigenvalue weighted by atomic mass is 9.70. The molecule has 0 radical (unpaired) electrons. The predicted molar refractivity (Wildman–Crippen MR) is 76.0 cm³/mol. The Kier molecular flexibility index (Phi) is 3.78. The summed E-state index contributed by atoms with van der Waals surface area (Å²) in [6.45, 7) is 0. The first-order valence-corrected chi connectivity index (χ1v) is 9.26. The summed E-state index contributed by atoms with van der Waals surface area (Å²) in [6.07, 6.45) is 4.30. The maximum absolute atomic E-state index is 12.8. The molecular weight excluding hydrogens is 294 g/mol. The number of ether oxygens (including phenoxy) is 1. The third-order valence-corrected chi connectivity index (χ3v) is 7.51. The largest absolute Gasteiger partial charge is 0.469 e. The Hall–Kier alpha value is -0.660. The van der Waals surface area contributed by atoms with Gasteiger partial charge in [0, 0.05) is 12.1 Å². The fourth-order valence-electron chi connectivity index (χ4n) is 4.21. The van der Waals surface area contributed by atoms with Gasteiger partial charge in [-0.05, 0) is 38.5 Å². The molecule has 2 saturated heterocycles. The number of aliphatic hydroxyl groups excluding tert-OH is 1. The molecule has 2 atom stereocenters. The number of carbonyl (C=O) groups is 1. The Balaban J connectivity index is 1.80. The summed E-state index contributed by atoms with van der Waals surface area (Å²) in [6, 6.07) is -0.197. The van der Waals surface area contributed by atoms with Gasteiger partial charge in [-0.2, -0.15) is 4.31 Å². The van der Waals surface area contributed by atoms with Crippen molar-refractivity contribution in [1.82, 2.24) is 4.31 Å². The highest BCUT2D eigenvalue weighted by Gasteiger charge is 2.53. The summed E-state index contributed by atoms with van der Waals surface area (Å²) in [4.78, 5) is 12.0. The zero-order chi connectivity index (χ0) is 15.3. The number of nitrogens with zero attached hydrogens (tertiary/aromatic N) is 1. The Morgan fingerprint density at radius 1 is 1.29 bits per heavy atom. The van der Waals surface area contributed by atoms with Gasteiger partial charge in [0.1, 0.15) is 0 Å². The number of sulfonamides is 1. The monoisotopic (exact) mass is 317 g/mol. The Morgan fingerprint density at radius 2 is 1.86 bits per heavy atom. The summed E-state index contributed by atoms with van der Waals surface area (Å²) in [7, 11) is -2.18. The van der Waals surface area contributed by atoms with Gasteiger partial charge in [0.15, 0.2) is 0 Å². The minimum atomic E-state index is -3.49. The van der Waals surface area contributed by atoms with Crippen molar-refractivity contribution in [3.63, 3.8) is 0 Å². The normalized spacial score (nSPS) is 35.2. The van der Waals surface area contributed by atoms with Crippen molar-refractivity contribution in [2.24, 2.45) is 5.41 Å². The average molecular weight is 317 g/mol. The molecular formula is C14H23NO5S. The maximum atomic E-state index is 12.8. The number of methoxy groups -OCH3 is 1. The van der Waals surface area contributed by atoms with E-state index in [1.54, 1.807) is 4.31 Å². The molecule has 120 valence electrons. The van der Waals surface area contributed by atoms with Crippen LogP contribution < -0.4 is 0 Å². The smallest absolute Gasteiger partial charge is 0.312 e. The molecule has 21 heavy (non-hydrogen) atoms. The van der Waals surface area contributed by atoms with Crippen LogP contribution in [0.15, 0.2) is 0 Å². The zero-order valence-corrected chi connectivity index (χ0v) is 13.1. The van der Waals surface area contributed by atoms with Crippen LogP contribution in [-0.4, -0.2) is 54.8 Å². The van der Waals surface area contributed by atoms with Crippen molar-refractivity contribution in [3.05, 3.63) is 0 Å². The molecule has 0 aromatic carbocycles. The van der Waals surface area contributed by atoms with E-state index in [0.29, 0.717) is 25.7 Å². The van der Waals surface area contributed by atoms with Crippen LogP contribution in [0.25, 0.3) is 0 Å². The van der Waals surface area contributed by atoms with Gasteiger partial charge in [-0.3, -0.25) is 4.79 Å². The van der Waals surface area contributed by atoms with Crippen molar-refractivity contribution < 1.29 is 23.1 Å². The zero-order valence-electron chi connectivity index (χ0n) is 12.3. The van der Waals surface area contributed by atoms with E-state index in [1.165, 1.54) is 7.11 Å². The topological polar surface area (TPSA) is 83.9 Å². The summed E-state index contributed by atoms with van der Waals surface area (Å²) < 4.78 is 32.0.